The van der Waals surface area contributed by atoms with Crippen LogP contribution in [0.5, 0.6) is 0 Å². The highest BCUT2D eigenvalue weighted by atomic mass is 32.2. The highest BCUT2D eigenvalue weighted by Gasteiger charge is 2.46. The van der Waals surface area contributed by atoms with Crippen LogP contribution in [-0.2, 0) is 17.9 Å². The number of oxazole rings is 1. The van der Waals surface area contributed by atoms with Crippen LogP contribution in [0.4, 0.5) is 0 Å². The summed E-state index contributed by atoms with van der Waals surface area (Å²) in [7, 11) is 0. The van der Waals surface area contributed by atoms with Crippen molar-refractivity contribution >= 4 is 11.8 Å². The number of benzene rings is 2. The zero-order valence-corrected chi connectivity index (χ0v) is 22.0. The Bertz CT molecular complexity index is 1120. The summed E-state index contributed by atoms with van der Waals surface area (Å²) in [4.78, 5) is 4.68. The Morgan fingerprint density at radius 3 is 2.33 bits per heavy atom. The molecule has 0 N–H and O–H groups in total. The van der Waals surface area contributed by atoms with Crippen molar-refractivity contribution in [2.24, 2.45) is 11.8 Å². The Kier molecular flexibility index (Phi) is 6.98. The van der Waals surface area contributed by atoms with E-state index in [9.17, 15) is 5.11 Å². The van der Waals surface area contributed by atoms with E-state index in [2.05, 4.69) is 47.1 Å². The maximum atomic E-state index is 14.6. The molecule has 5 heteroatoms. The van der Waals surface area contributed by atoms with E-state index in [-0.39, 0.29) is 5.92 Å². The molecule has 4 nitrogen and oxygen atoms in total. The van der Waals surface area contributed by atoms with Crippen LogP contribution in [0.15, 0.2) is 71.3 Å². The van der Waals surface area contributed by atoms with Gasteiger partial charge in [0.05, 0.1) is 31.1 Å². The number of hydrogen-bond acceptors (Lipinski definition) is 4. The molecular weight excluding hydrogens is 464 g/mol. The SMILES string of the molecule is [O-][C@](c1ccccc1)(c1ncc(C[N+]23CCC(CC2)C(SCc2ccccc2)C3)o1)C1CCCCC1. The van der Waals surface area contributed by atoms with Crippen LogP contribution in [0.3, 0.4) is 0 Å². The lowest BCUT2D eigenvalue weighted by Crippen LogP contribution is -2.62. The predicted octanol–water partition coefficient (Wildman–Crippen LogP) is 5.90. The van der Waals surface area contributed by atoms with Gasteiger partial charge in [0, 0.05) is 18.6 Å². The smallest absolute Gasteiger partial charge is 0.188 e. The summed E-state index contributed by atoms with van der Waals surface area (Å²) in [6.07, 6.45) is 9.85. The largest absolute Gasteiger partial charge is 0.839 e. The average molecular weight is 503 g/mol. The quantitative estimate of drug-likeness (QED) is 0.360. The van der Waals surface area contributed by atoms with Gasteiger partial charge in [-0.15, -0.1) is 11.8 Å². The fraction of sp³-hybridized carbons (Fsp3) is 0.516. The molecule has 2 atom stereocenters. The molecule has 4 aliphatic rings. The van der Waals surface area contributed by atoms with Crippen LogP contribution >= 0.6 is 11.8 Å². The highest BCUT2D eigenvalue weighted by molar-refractivity contribution is 7.99. The van der Waals surface area contributed by atoms with Crippen LogP contribution < -0.4 is 5.11 Å². The molecule has 36 heavy (non-hydrogen) atoms. The van der Waals surface area contributed by atoms with Crippen molar-refractivity contribution in [3.05, 3.63) is 89.6 Å². The summed E-state index contributed by atoms with van der Waals surface area (Å²) >= 11 is 2.14. The van der Waals surface area contributed by atoms with Crippen molar-refractivity contribution in [3.8, 4) is 0 Å². The normalized spacial score (nSPS) is 28.1. The van der Waals surface area contributed by atoms with Gasteiger partial charge < -0.3 is 14.0 Å². The predicted molar refractivity (Wildman–Crippen MR) is 143 cm³/mol. The van der Waals surface area contributed by atoms with Gasteiger partial charge in [-0.25, -0.2) is 4.98 Å². The van der Waals surface area contributed by atoms with E-state index >= 15 is 0 Å². The lowest BCUT2D eigenvalue weighted by atomic mass is 9.73. The lowest BCUT2D eigenvalue weighted by Gasteiger charge is -2.52. The molecule has 0 radical (unpaired) electrons. The van der Waals surface area contributed by atoms with Gasteiger partial charge in [0.25, 0.3) is 0 Å². The Balaban J connectivity index is 1.20. The Hall–Kier alpha value is -2.08. The van der Waals surface area contributed by atoms with E-state index in [1.54, 1.807) is 0 Å². The van der Waals surface area contributed by atoms with Gasteiger partial charge in [-0.3, -0.25) is 0 Å². The van der Waals surface area contributed by atoms with E-state index in [1.807, 2.05) is 36.5 Å². The number of aromatic nitrogens is 1. The van der Waals surface area contributed by atoms with Gasteiger partial charge in [0.1, 0.15) is 6.54 Å². The third kappa shape index (κ3) is 4.78. The van der Waals surface area contributed by atoms with Crippen LogP contribution in [0, 0.1) is 11.8 Å². The van der Waals surface area contributed by atoms with Crippen molar-refractivity contribution in [2.75, 3.05) is 19.6 Å². The molecule has 0 spiro atoms. The minimum absolute atomic E-state index is 0.0386. The summed E-state index contributed by atoms with van der Waals surface area (Å²) < 4.78 is 7.50. The molecule has 2 aromatic carbocycles. The minimum Gasteiger partial charge on any atom is -0.839 e. The molecule has 1 saturated carbocycles. The number of nitrogens with zero attached hydrogens (tertiary/aromatic N) is 2. The number of thioether (sulfide) groups is 1. The molecule has 7 rings (SSSR count). The molecule has 0 amide bonds. The van der Waals surface area contributed by atoms with Gasteiger partial charge >= 0.3 is 0 Å². The third-order valence-corrected chi connectivity index (χ3v) is 10.6. The second-order valence-corrected chi connectivity index (χ2v) is 12.6. The van der Waals surface area contributed by atoms with Crippen molar-refractivity contribution in [1.82, 2.24) is 4.98 Å². The maximum absolute atomic E-state index is 14.6. The van der Waals surface area contributed by atoms with E-state index < -0.39 is 5.60 Å². The standard InChI is InChI=1S/C31H38N2O2S/c34-31(26-12-6-2-7-13-26,27-14-8-3-9-15-27)30-32-20-28(35-30)21-33-18-16-25(17-19-33)29(22-33)36-23-24-10-4-1-5-11-24/h1-2,4-7,10-13,20,25,27,29H,3,8-9,14-19,21-23H2/t25?,29?,31-,33?/m0/s1. The minimum atomic E-state index is -1.40. The molecule has 1 aliphatic carbocycles. The fourth-order valence-corrected chi connectivity index (χ4v) is 8.59. The van der Waals surface area contributed by atoms with Crippen molar-refractivity contribution in [3.63, 3.8) is 0 Å². The zero-order valence-electron chi connectivity index (χ0n) is 21.2. The molecule has 4 heterocycles. The van der Waals surface area contributed by atoms with Crippen molar-refractivity contribution in [1.29, 1.82) is 0 Å². The first-order valence-corrected chi connectivity index (χ1v) is 14.9. The van der Waals surface area contributed by atoms with Gasteiger partial charge in [-0.1, -0.05) is 92.8 Å². The van der Waals surface area contributed by atoms with E-state index in [4.69, 9.17) is 4.42 Å². The summed E-state index contributed by atoms with van der Waals surface area (Å²) in [5, 5.41) is 15.3. The van der Waals surface area contributed by atoms with Gasteiger partial charge in [-0.05, 0) is 28.6 Å². The van der Waals surface area contributed by atoms with Crippen molar-refractivity contribution < 1.29 is 14.0 Å². The molecule has 3 saturated heterocycles. The summed E-state index contributed by atoms with van der Waals surface area (Å²) in [5.41, 5.74) is 0.817. The van der Waals surface area contributed by atoms with Crippen molar-refractivity contribution in [2.45, 2.75) is 68.1 Å². The number of rotatable bonds is 8. The molecular formula is C31H38N2O2S. The van der Waals surface area contributed by atoms with Crippen LogP contribution in [0.2, 0.25) is 0 Å². The van der Waals surface area contributed by atoms with Gasteiger partial charge in [0.2, 0.25) is 0 Å². The first kappa shape index (κ1) is 24.3. The summed E-state index contributed by atoms with van der Waals surface area (Å²) in [5.74, 6) is 3.24. The Labute approximate surface area is 219 Å². The topological polar surface area (TPSA) is 49.1 Å². The monoisotopic (exact) mass is 502 g/mol. The molecule has 1 aromatic heterocycles. The second kappa shape index (κ2) is 10.4. The van der Waals surface area contributed by atoms with E-state index in [1.165, 1.54) is 44.5 Å². The second-order valence-electron chi connectivity index (χ2n) is 11.4. The summed E-state index contributed by atoms with van der Waals surface area (Å²) in [6, 6.07) is 20.7. The zero-order chi connectivity index (χ0) is 24.4. The number of quaternary nitrogens is 1. The average Bonchev–Trinajstić information content (AvgIpc) is 3.42. The molecule has 3 aromatic rings. The first-order chi connectivity index (χ1) is 17.6. The van der Waals surface area contributed by atoms with Crippen LogP contribution in [-0.4, -0.2) is 34.4 Å². The molecule has 1 unspecified atom stereocenters. The molecule has 190 valence electrons. The Morgan fingerprint density at radius 1 is 0.917 bits per heavy atom. The van der Waals surface area contributed by atoms with Gasteiger partial charge in [-0.2, -0.15) is 0 Å². The third-order valence-electron chi connectivity index (χ3n) is 9.09. The molecule has 3 aliphatic heterocycles. The van der Waals surface area contributed by atoms with Crippen LogP contribution in [0.1, 0.15) is 67.7 Å². The van der Waals surface area contributed by atoms with E-state index in [0.717, 1.165) is 59.7 Å². The van der Waals surface area contributed by atoms with Gasteiger partial charge in [0.15, 0.2) is 11.7 Å². The number of hydrogen-bond donors (Lipinski definition) is 0. The van der Waals surface area contributed by atoms with E-state index in [0.29, 0.717) is 11.1 Å². The maximum Gasteiger partial charge on any atom is 0.188 e. The fourth-order valence-electron chi connectivity index (χ4n) is 7.02. The lowest BCUT2D eigenvalue weighted by molar-refractivity contribution is -0.954. The summed E-state index contributed by atoms with van der Waals surface area (Å²) in [6.45, 7) is 4.49. The molecule has 4 fully saturated rings. The number of piperidine rings is 3. The highest BCUT2D eigenvalue weighted by Crippen LogP contribution is 2.44. The number of fused-ring (bicyclic) bond motifs is 3. The first-order valence-electron chi connectivity index (χ1n) is 13.9. The van der Waals surface area contributed by atoms with Crippen LogP contribution in [0.25, 0.3) is 0 Å². The Morgan fingerprint density at radius 2 is 1.61 bits per heavy atom. The molecule has 2 bridgehead atoms.